The second-order valence-electron chi connectivity index (χ2n) is 5.75. The molecule has 1 heteroatoms. The van der Waals surface area contributed by atoms with E-state index < -0.39 is 0 Å². The van der Waals surface area contributed by atoms with Gasteiger partial charge in [-0.15, -0.1) is 0 Å². The van der Waals surface area contributed by atoms with Crippen molar-refractivity contribution in [1.82, 2.24) is 0 Å². The van der Waals surface area contributed by atoms with Crippen LogP contribution in [-0.2, 0) is 6.42 Å². The molecule has 0 heterocycles. The maximum absolute atomic E-state index is 10.7. The molecule has 0 saturated heterocycles. The Morgan fingerprint density at radius 2 is 1.68 bits per heavy atom. The van der Waals surface area contributed by atoms with Gasteiger partial charge in [0, 0.05) is 5.92 Å². The van der Waals surface area contributed by atoms with Crippen molar-refractivity contribution in [3.05, 3.63) is 69.8 Å². The number of fused-ring (bicyclic) bond motifs is 1. The predicted molar refractivity (Wildman–Crippen MR) is 78.5 cm³/mol. The summed E-state index contributed by atoms with van der Waals surface area (Å²) in [6.45, 7) is 6.33. The minimum atomic E-state index is -0.380. The Bertz CT molecular complexity index is 628. The Kier molecular flexibility index (Phi) is 2.94. The van der Waals surface area contributed by atoms with Crippen LogP contribution in [-0.4, -0.2) is 5.11 Å². The average Bonchev–Trinajstić information content (AvgIpc) is 2.35. The molecule has 0 aromatic heterocycles. The summed E-state index contributed by atoms with van der Waals surface area (Å²) in [5.41, 5.74) is 7.53. The topological polar surface area (TPSA) is 20.2 Å². The molecule has 0 radical (unpaired) electrons. The lowest BCUT2D eigenvalue weighted by Crippen LogP contribution is -2.24. The van der Waals surface area contributed by atoms with Crippen LogP contribution < -0.4 is 0 Å². The molecule has 19 heavy (non-hydrogen) atoms. The molecule has 0 bridgehead atoms. The molecule has 3 rings (SSSR count). The number of benzene rings is 2. The van der Waals surface area contributed by atoms with Crippen LogP contribution in [0.4, 0.5) is 0 Å². The molecular weight excluding hydrogens is 232 g/mol. The van der Waals surface area contributed by atoms with E-state index in [4.69, 9.17) is 0 Å². The van der Waals surface area contributed by atoms with Crippen LogP contribution in [0.5, 0.6) is 0 Å². The molecule has 2 unspecified atom stereocenters. The predicted octanol–water partition coefficient (Wildman–Crippen LogP) is 3.99. The third-order valence-electron chi connectivity index (χ3n) is 4.48. The van der Waals surface area contributed by atoms with Crippen molar-refractivity contribution in [2.75, 3.05) is 0 Å². The van der Waals surface area contributed by atoms with Gasteiger partial charge in [0.05, 0.1) is 6.10 Å². The Labute approximate surface area is 114 Å². The molecule has 0 spiro atoms. The minimum absolute atomic E-state index is 0.261. The summed E-state index contributed by atoms with van der Waals surface area (Å²) in [5.74, 6) is 0.261. The maximum Gasteiger partial charge on any atom is 0.0864 e. The first kappa shape index (κ1) is 12.4. The summed E-state index contributed by atoms with van der Waals surface area (Å²) in [4.78, 5) is 0. The van der Waals surface area contributed by atoms with E-state index in [1.807, 2.05) is 0 Å². The molecule has 1 aliphatic rings. The fourth-order valence-corrected chi connectivity index (χ4v) is 3.10. The first-order chi connectivity index (χ1) is 9.08. The molecule has 0 saturated carbocycles. The zero-order valence-corrected chi connectivity index (χ0v) is 11.8. The molecule has 0 amide bonds. The molecule has 2 aromatic rings. The average molecular weight is 252 g/mol. The monoisotopic (exact) mass is 252 g/mol. The van der Waals surface area contributed by atoms with E-state index in [9.17, 15) is 5.11 Å². The van der Waals surface area contributed by atoms with Gasteiger partial charge in [0.2, 0.25) is 0 Å². The number of aryl methyl sites for hydroxylation is 3. The van der Waals surface area contributed by atoms with E-state index in [0.29, 0.717) is 0 Å². The zero-order valence-electron chi connectivity index (χ0n) is 11.8. The maximum atomic E-state index is 10.7. The SMILES string of the molecule is Cc1cc(C)c(C(O)C2Cc3ccccc32)cc1C. The second-order valence-corrected chi connectivity index (χ2v) is 5.75. The van der Waals surface area contributed by atoms with Crippen molar-refractivity contribution >= 4 is 0 Å². The smallest absolute Gasteiger partial charge is 0.0864 e. The van der Waals surface area contributed by atoms with Crippen LogP contribution in [0.25, 0.3) is 0 Å². The third kappa shape index (κ3) is 1.98. The van der Waals surface area contributed by atoms with Crippen LogP contribution in [0, 0.1) is 20.8 Å². The summed E-state index contributed by atoms with van der Waals surface area (Å²) in [5, 5.41) is 10.7. The lowest BCUT2D eigenvalue weighted by molar-refractivity contribution is 0.134. The van der Waals surface area contributed by atoms with Crippen molar-refractivity contribution in [1.29, 1.82) is 0 Å². The summed E-state index contributed by atoms with van der Waals surface area (Å²) in [7, 11) is 0. The van der Waals surface area contributed by atoms with Gasteiger partial charge in [0.15, 0.2) is 0 Å². The first-order valence-corrected chi connectivity index (χ1v) is 6.91. The van der Waals surface area contributed by atoms with E-state index in [1.54, 1.807) is 0 Å². The minimum Gasteiger partial charge on any atom is -0.388 e. The summed E-state index contributed by atoms with van der Waals surface area (Å²) in [6.07, 6.45) is 0.609. The van der Waals surface area contributed by atoms with Crippen LogP contribution in [0.3, 0.4) is 0 Å². The highest BCUT2D eigenvalue weighted by atomic mass is 16.3. The van der Waals surface area contributed by atoms with Crippen molar-refractivity contribution in [3.8, 4) is 0 Å². The van der Waals surface area contributed by atoms with Gasteiger partial charge in [-0.1, -0.05) is 36.4 Å². The quantitative estimate of drug-likeness (QED) is 0.857. The summed E-state index contributed by atoms with van der Waals surface area (Å²) < 4.78 is 0. The zero-order chi connectivity index (χ0) is 13.6. The molecular formula is C18H20O. The normalized spacial score (nSPS) is 18.6. The standard InChI is InChI=1S/C18H20O/c1-11-8-13(3)16(9-12(11)2)18(19)17-10-14-6-4-5-7-15(14)17/h4-9,17-19H,10H2,1-3H3. The fraction of sp³-hybridized carbons (Fsp3) is 0.333. The number of aliphatic hydroxyl groups excluding tert-OH is 1. The largest absolute Gasteiger partial charge is 0.388 e. The summed E-state index contributed by atoms with van der Waals surface area (Å²) >= 11 is 0. The Balaban J connectivity index is 1.94. The Morgan fingerprint density at radius 1 is 1.00 bits per heavy atom. The van der Waals surface area contributed by atoms with Crippen molar-refractivity contribution in [3.63, 3.8) is 0 Å². The van der Waals surface area contributed by atoms with Crippen molar-refractivity contribution < 1.29 is 5.11 Å². The Morgan fingerprint density at radius 3 is 2.42 bits per heavy atom. The molecule has 2 atom stereocenters. The van der Waals surface area contributed by atoms with E-state index in [-0.39, 0.29) is 12.0 Å². The fourth-order valence-electron chi connectivity index (χ4n) is 3.10. The molecule has 1 nitrogen and oxygen atoms in total. The molecule has 1 N–H and O–H groups in total. The highest BCUT2D eigenvalue weighted by Crippen LogP contribution is 2.44. The van der Waals surface area contributed by atoms with Crippen molar-refractivity contribution in [2.24, 2.45) is 0 Å². The van der Waals surface area contributed by atoms with E-state index in [2.05, 4.69) is 57.2 Å². The van der Waals surface area contributed by atoms with Gasteiger partial charge < -0.3 is 5.11 Å². The molecule has 1 aliphatic carbocycles. The van der Waals surface area contributed by atoms with Crippen LogP contribution in [0.1, 0.15) is 45.4 Å². The van der Waals surface area contributed by atoms with Gasteiger partial charge in [-0.3, -0.25) is 0 Å². The van der Waals surface area contributed by atoms with Crippen LogP contribution in [0.15, 0.2) is 36.4 Å². The first-order valence-electron chi connectivity index (χ1n) is 6.91. The molecule has 0 fully saturated rings. The summed E-state index contributed by atoms with van der Waals surface area (Å²) in [6, 6.07) is 12.8. The van der Waals surface area contributed by atoms with E-state index in [0.717, 1.165) is 12.0 Å². The highest BCUT2D eigenvalue weighted by molar-refractivity contribution is 5.45. The number of aliphatic hydroxyl groups is 1. The second kappa shape index (κ2) is 4.50. The molecule has 2 aromatic carbocycles. The van der Waals surface area contributed by atoms with Crippen molar-refractivity contribution in [2.45, 2.75) is 39.2 Å². The van der Waals surface area contributed by atoms with E-state index in [1.165, 1.54) is 27.8 Å². The number of hydrogen-bond acceptors (Lipinski definition) is 1. The lowest BCUT2D eigenvalue weighted by atomic mass is 9.72. The van der Waals surface area contributed by atoms with Crippen LogP contribution >= 0.6 is 0 Å². The number of rotatable bonds is 2. The van der Waals surface area contributed by atoms with E-state index >= 15 is 0 Å². The molecule has 0 aliphatic heterocycles. The van der Waals surface area contributed by atoms with Gasteiger partial charge in [-0.25, -0.2) is 0 Å². The number of hydrogen-bond donors (Lipinski definition) is 1. The van der Waals surface area contributed by atoms with Gasteiger partial charge in [-0.2, -0.15) is 0 Å². The van der Waals surface area contributed by atoms with Gasteiger partial charge in [-0.05, 0) is 60.6 Å². The van der Waals surface area contributed by atoms with Crippen LogP contribution in [0.2, 0.25) is 0 Å². The lowest BCUT2D eigenvalue weighted by Gasteiger charge is -2.34. The molecule has 98 valence electrons. The van der Waals surface area contributed by atoms with Gasteiger partial charge >= 0.3 is 0 Å². The Hall–Kier alpha value is -1.60. The highest BCUT2D eigenvalue weighted by Gasteiger charge is 2.33. The third-order valence-corrected chi connectivity index (χ3v) is 4.48. The van der Waals surface area contributed by atoms with Gasteiger partial charge in [0.1, 0.15) is 0 Å². The van der Waals surface area contributed by atoms with Gasteiger partial charge in [0.25, 0.3) is 0 Å².